The molecule has 0 saturated carbocycles. The highest BCUT2D eigenvalue weighted by atomic mass is 79.9. The Kier molecular flexibility index (Phi) is 4.32. The van der Waals surface area contributed by atoms with Crippen molar-refractivity contribution < 1.29 is 18.7 Å². The molecule has 4 nitrogen and oxygen atoms in total. The number of rotatable bonds is 4. The van der Waals surface area contributed by atoms with Crippen molar-refractivity contribution in [3.8, 4) is 0 Å². The molecule has 0 bridgehead atoms. The Morgan fingerprint density at radius 2 is 1.69 bits per heavy atom. The highest BCUT2D eigenvalue weighted by molar-refractivity contribution is 9.10. The van der Waals surface area contributed by atoms with Crippen molar-refractivity contribution in [3.05, 3.63) is 34.3 Å². The van der Waals surface area contributed by atoms with E-state index in [1.807, 2.05) is 0 Å². The van der Waals surface area contributed by atoms with Crippen LogP contribution in [-0.4, -0.2) is 19.3 Å². The molecule has 0 heterocycles. The molecular weight excluding hydrogens is 295 g/mol. The van der Waals surface area contributed by atoms with Crippen molar-refractivity contribution in [3.63, 3.8) is 0 Å². The van der Waals surface area contributed by atoms with Gasteiger partial charge in [0.25, 0.3) is 0 Å². The van der Waals surface area contributed by atoms with Gasteiger partial charge >= 0.3 is 7.60 Å². The van der Waals surface area contributed by atoms with Gasteiger partial charge in [0.15, 0.2) is 5.34 Å². The molecule has 1 aromatic carbocycles. The predicted octanol–water partition coefficient (Wildman–Crippen LogP) is 3.10. The van der Waals surface area contributed by atoms with E-state index in [2.05, 4.69) is 15.9 Å². The first-order valence-electron chi connectivity index (χ1n) is 4.57. The van der Waals surface area contributed by atoms with Crippen LogP contribution in [0.4, 0.5) is 0 Å². The number of aliphatic hydroxyl groups is 1. The van der Waals surface area contributed by atoms with Crippen LogP contribution in [0.2, 0.25) is 0 Å². The maximum absolute atomic E-state index is 12.2. The fraction of sp³-hybridized carbons (Fsp3) is 0.400. The molecule has 0 amide bonds. The van der Waals surface area contributed by atoms with Gasteiger partial charge in [-0.2, -0.15) is 0 Å². The van der Waals surface area contributed by atoms with Gasteiger partial charge in [0.05, 0.1) is 0 Å². The minimum atomic E-state index is -3.58. The van der Waals surface area contributed by atoms with Crippen molar-refractivity contribution >= 4 is 23.5 Å². The van der Waals surface area contributed by atoms with Gasteiger partial charge in [-0.15, -0.1) is 0 Å². The summed E-state index contributed by atoms with van der Waals surface area (Å²) in [6, 6.07) is 6.82. The first-order chi connectivity index (χ1) is 7.37. The monoisotopic (exact) mass is 308 g/mol. The smallest absolute Gasteiger partial charge is 0.365 e. The Morgan fingerprint density at radius 3 is 2.06 bits per heavy atom. The molecule has 90 valence electrons. The quantitative estimate of drug-likeness (QED) is 0.868. The maximum atomic E-state index is 12.2. The van der Waals surface area contributed by atoms with Crippen molar-refractivity contribution in [1.82, 2.24) is 0 Å². The molecule has 16 heavy (non-hydrogen) atoms. The molecular formula is C10H14BrO4P. The lowest BCUT2D eigenvalue weighted by Gasteiger charge is -2.29. The summed E-state index contributed by atoms with van der Waals surface area (Å²) in [6.07, 6.45) is 0. The topological polar surface area (TPSA) is 55.8 Å². The summed E-state index contributed by atoms with van der Waals surface area (Å²) in [7, 11) is -1.09. The number of benzene rings is 1. The van der Waals surface area contributed by atoms with Gasteiger partial charge in [-0.25, -0.2) is 0 Å². The largest absolute Gasteiger partial charge is 0.373 e. The normalized spacial score (nSPS) is 15.8. The predicted molar refractivity (Wildman–Crippen MR) is 65.3 cm³/mol. The summed E-state index contributed by atoms with van der Waals surface area (Å²) in [5.74, 6) is 0. The molecule has 0 aliphatic rings. The van der Waals surface area contributed by atoms with E-state index in [0.29, 0.717) is 5.56 Å². The van der Waals surface area contributed by atoms with Gasteiger partial charge in [-0.1, -0.05) is 28.1 Å². The number of hydrogen-bond acceptors (Lipinski definition) is 4. The summed E-state index contributed by atoms with van der Waals surface area (Å²) < 4.78 is 22.6. The van der Waals surface area contributed by atoms with E-state index < -0.39 is 12.9 Å². The molecule has 1 aromatic rings. The fourth-order valence-electron chi connectivity index (χ4n) is 1.35. The van der Waals surface area contributed by atoms with Crippen LogP contribution in [0.25, 0.3) is 0 Å². The molecule has 0 aliphatic carbocycles. The maximum Gasteiger partial charge on any atom is 0.365 e. The third kappa shape index (κ3) is 2.39. The van der Waals surface area contributed by atoms with E-state index >= 15 is 0 Å². The van der Waals surface area contributed by atoms with E-state index in [4.69, 9.17) is 9.05 Å². The van der Waals surface area contributed by atoms with Gasteiger partial charge in [0.1, 0.15) is 0 Å². The van der Waals surface area contributed by atoms with Crippen molar-refractivity contribution in [2.75, 3.05) is 14.2 Å². The molecule has 1 rings (SSSR count). The Labute approximate surface area is 103 Å². The first kappa shape index (κ1) is 13.9. The minimum Gasteiger partial charge on any atom is -0.373 e. The second kappa shape index (κ2) is 4.98. The number of halogens is 1. The highest BCUT2D eigenvalue weighted by Gasteiger charge is 2.46. The van der Waals surface area contributed by atoms with Crippen LogP contribution in [0.1, 0.15) is 12.5 Å². The van der Waals surface area contributed by atoms with Gasteiger partial charge < -0.3 is 14.2 Å². The SMILES string of the molecule is COP(=O)(OC)C(C)(O)c1ccc(Br)cc1. The molecule has 0 spiro atoms. The highest BCUT2D eigenvalue weighted by Crippen LogP contribution is 2.62. The summed E-state index contributed by atoms with van der Waals surface area (Å²) >= 11 is 3.28. The molecule has 0 aliphatic heterocycles. The van der Waals surface area contributed by atoms with E-state index in [1.165, 1.54) is 21.1 Å². The lowest BCUT2D eigenvalue weighted by Crippen LogP contribution is -2.23. The summed E-state index contributed by atoms with van der Waals surface area (Å²) in [4.78, 5) is 0. The summed E-state index contributed by atoms with van der Waals surface area (Å²) in [6.45, 7) is 1.41. The molecule has 1 atom stereocenters. The van der Waals surface area contributed by atoms with Gasteiger partial charge in [0.2, 0.25) is 0 Å². The average Bonchev–Trinajstić information content (AvgIpc) is 2.28. The fourth-order valence-corrected chi connectivity index (χ4v) is 2.94. The standard InChI is InChI=1S/C10H14BrO4P/c1-10(12,16(13,14-2)15-3)8-4-6-9(11)7-5-8/h4-7,12H,1-3H3. The van der Waals surface area contributed by atoms with Crippen LogP contribution >= 0.6 is 23.5 Å². The summed E-state index contributed by atoms with van der Waals surface area (Å²) in [5, 5.41) is 8.60. The molecule has 0 radical (unpaired) electrons. The zero-order valence-electron chi connectivity index (χ0n) is 9.31. The third-order valence-corrected chi connectivity index (χ3v) is 5.22. The van der Waals surface area contributed by atoms with Crippen LogP contribution in [0, 0.1) is 0 Å². The van der Waals surface area contributed by atoms with E-state index in [9.17, 15) is 9.67 Å². The van der Waals surface area contributed by atoms with Crippen LogP contribution in [0.15, 0.2) is 28.7 Å². The first-order valence-corrected chi connectivity index (χ1v) is 6.91. The van der Waals surface area contributed by atoms with Crippen molar-refractivity contribution in [1.29, 1.82) is 0 Å². The van der Waals surface area contributed by atoms with Crippen LogP contribution in [-0.2, 0) is 19.0 Å². The van der Waals surface area contributed by atoms with E-state index in [1.54, 1.807) is 24.3 Å². The third-order valence-electron chi connectivity index (χ3n) is 2.41. The van der Waals surface area contributed by atoms with E-state index in [-0.39, 0.29) is 0 Å². The Morgan fingerprint density at radius 1 is 1.25 bits per heavy atom. The summed E-state index contributed by atoms with van der Waals surface area (Å²) in [5.41, 5.74) is 0.475. The molecule has 0 aromatic heterocycles. The molecule has 1 unspecified atom stereocenters. The molecule has 0 fully saturated rings. The zero-order chi connectivity index (χ0) is 12.4. The lowest BCUT2D eigenvalue weighted by atomic mass is 10.1. The molecule has 6 heteroatoms. The zero-order valence-corrected chi connectivity index (χ0v) is 11.8. The second-order valence-corrected chi connectivity index (χ2v) is 6.90. The second-order valence-electron chi connectivity index (χ2n) is 3.39. The Bertz CT molecular complexity index is 394. The molecule has 0 saturated heterocycles. The molecule has 1 N–H and O–H groups in total. The average molecular weight is 309 g/mol. The number of hydrogen-bond donors (Lipinski definition) is 1. The Hall–Kier alpha value is -0.190. The minimum absolute atomic E-state index is 0.475. The van der Waals surface area contributed by atoms with Gasteiger partial charge in [-0.05, 0) is 24.6 Å². The van der Waals surface area contributed by atoms with Crippen molar-refractivity contribution in [2.45, 2.75) is 12.3 Å². The van der Waals surface area contributed by atoms with Gasteiger partial charge in [0, 0.05) is 18.7 Å². The van der Waals surface area contributed by atoms with Crippen LogP contribution in [0.3, 0.4) is 0 Å². The van der Waals surface area contributed by atoms with Crippen LogP contribution < -0.4 is 0 Å². The van der Waals surface area contributed by atoms with Crippen LogP contribution in [0.5, 0.6) is 0 Å². The van der Waals surface area contributed by atoms with Gasteiger partial charge in [-0.3, -0.25) is 4.57 Å². The lowest BCUT2D eigenvalue weighted by molar-refractivity contribution is 0.0932. The van der Waals surface area contributed by atoms with E-state index in [0.717, 1.165) is 4.47 Å². The van der Waals surface area contributed by atoms with Crippen molar-refractivity contribution in [2.24, 2.45) is 0 Å². The Balaban J connectivity index is 3.19.